The van der Waals surface area contributed by atoms with E-state index in [1.807, 2.05) is 69.3 Å². The molecule has 3 heterocycles. The van der Waals surface area contributed by atoms with E-state index < -0.39 is 12.0 Å². The first-order chi connectivity index (χ1) is 20.2. The fourth-order valence-corrected chi connectivity index (χ4v) is 6.91. The van der Waals surface area contributed by atoms with Gasteiger partial charge in [0.05, 0.1) is 29.5 Å². The number of rotatable bonds is 8. The third-order valence-corrected chi connectivity index (χ3v) is 8.95. The van der Waals surface area contributed by atoms with E-state index in [2.05, 4.69) is 26.6 Å². The van der Waals surface area contributed by atoms with Crippen molar-refractivity contribution in [2.24, 2.45) is 4.99 Å². The summed E-state index contributed by atoms with van der Waals surface area (Å²) in [4.78, 5) is 33.1. The van der Waals surface area contributed by atoms with Crippen LogP contribution in [0, 0.1) is 13.8 Å². The Morgan fingerprint density at radius 3 is 2.55 bits per heavy atom. The van der Waals surface area contributed by atoms with Gasteiger partial charge < -0.3 is 14.0 Å². The van der Waals surface area contributed by atoms with Gasteiger partial charge in [0.15, 0.2) is 4.80 Å². The Hall–Kier alpha value is -3.40. The lowest BCUT2D eigenvalue weighted by atomic mass is 9.93. The van der Waals surface area contributed by atoms with Gasteiger partial charge in [0, 0.05) is 32.1 Å². The van der Waals surface area contributed by atoms with Gasteiger partial charge in [0.1, 0.15) is 11.8 Å². The Morgan fingerprint density at radius 1 is 1.14 bits per heavy atom. The fraction of sp³-hybridized carbons (Fsp3) is 0.281. The van der Waals surface area contributed by atoms with E-state index in [1.165, 1.54) is 11.3 Å². The zero-order valence-corrected chi connectivity index (χ0v) is 27.2. The summed E-state index contributed by atoms with van der Waals surface area (Å²) in [5.74, 6) is 0.0707. The summed E-state index contributed by atoms with van der Waals surface area (Å²) >= 11 is 11.0. The minimum atomic E-state index is -0.766. The Balaban J connectivity index is 1.76. The van der Waals surface area contributed by atoms with Crippen molar-refractivity contribution in [1.82, 2.24) is 9.13 Å². The molecule has 218 valence electrons. The molecule has 0 saturated carbocycles. The maximum atomic E-state index is 14.2. The normalized spacial score (nSPS) is 15.0. The number of halogens is 2. The average Bonchev–Trinajstić information content (AvgIpc) is 3.42. The van der Waals surface area contributed by atoms with Crippen LogP contribution in [0.3, 0.4) is 0 Å². The van der Waals surface area contributed by atoms with Crippen molar-refractivity contribution in [3.05, 3.63) is 111 Å². The number of thiazole rings is 1. The molecule has 0 amide bonds. The van der Waals surface area contributed by atoms with Gasteiger partial charge in [0.2, 0.25) is 0 Å². The van der Waals surface area contributed by atoms with E-state index in [0.717, 1.165) is 33.5 Å². The second-order valence-electron chi connectivity index (χ2n) is 9.94. The topological polar surface area (TPSA) is 74.8 Å². The Labute approximate surface area is 261 Å². The van der Waals surface area contributed by atoms with Crippen LogP contribution < -0.4 is 19.6 Å². The van der Waals surface area contributed by atoms with Gasteiger partial charge in [0.25, 0.3) is 5.56 Å². The SMILES string of the molecule is CCCC1=C(C(=O)OCC)[C@H](c2cc(Br)ccc2OC)n2c(s/c(=C/c3cc(C)n(-c4ccc(Cl)cc4)c3C)c2=O)=N1. The molecule has 0 unspecified atom stereocenters. The van der Waals surface area contributed by atoms with Crippen LogP contribution in [0.5, 0.6) is 5.75 Å². The monoisotopic (exact) mass is 667 g/mol. The third-order valence-electron chi connectivity index (χ3n) is 7.22. The Morgan fingerprint density at radius 2 is 1.88 bits per heavy atom. The highest BCUT2D eigenvalue weighted by Crippen LogP contribution is 2.38. The summed E-state index contributed by atoms with van der Waals surface area (Å²) in [5.41, 5.74) is 5.34. The minimum Gasteiger partial charge on any atom is -0.496 e. The molecular formula is C32H31BrClN3O4S. The van der Waals surface area contributed by atoms with Crippen LogP contribution in [0.4, 0.5) is 0 Å². The van der Waals surface area contributed by atoms with Crippen LogP contribution in [0.25, 0.3) is 11.8 Å². The van der Waals surface area contributed by atoms with Gasteiger partial charge in [-0.25, -0.2) is 9.79 Å². The predicted octanol–water partition coefficient (Wildman–Crippen LogP) is 6.41. The number of methoxy groups -OCH3 is 1. The maximum Gasteiger partial charge on any atom is 0.338 e. The van der Waals surface area contributed by atoms with Gasteiger partial charge in [-0.3, -0.25) is 9.36 Å². The van der Waals surface area contributed by atoms with Crippen molar-refractivity contribution < 1.29 is 14.3 Å². The third kappa shape index (κ3) is 5.53. The van der Waals surface area contributed by atoms with Gasteiger partial charge in [-0.2, -0.15) is 0 Å². The minimum absolute atomic E-state index is 0.206. The van der Waals surface area contributed by atoms with Crippen molar-refractivity contribution in [3.8, 4) is 11.4 Å². The molecule has 0 fully saturated rings. The lowest BCUT2D eigenvalue weighted by molar-refractivity contribution is -0.139. The van der Waals surface area contributed by atoms with Crippen molar-refractivity contribution >= 4 is 50.9 Å². The number of aryl methyl sites for hydroxylation is 1. The van der Waals surface area contributed by atoms with Crippen LogP contribution >= 0.6 is 38.9 Å². The van der Waals surface area contributed by atoms with E-state index in [0.29, 0.717) is 43.4 Å². The molecule has 0 N–H and O–H groups in total. The number of fused-ring (bicyclic) bond motifs is 1. The molecule has 0 spiro atoms. The van der Waals surface area contributed by atoms with Crippen LogP contribution in [-0.2, 0) is 9.53 Å². The lowest BCUT2D eigenvalue weighted by Crippen LogP contribution is -2.40. The number of aromatic nitrogens is 2. The van der Waals surface area contributed by atoms with Crippen LogP contribution in [0.15, 0.2) is 74.1 Å². The summed E-state index contributed by atoms with van der Waals surface area (Å²) in [6.45, 7) is 8.06. The quantitative estimate of drug-likeness (QED) is 0.204. The van der Waals surface area contributed by atoms with Crippen molar-refractivity contribution in [2.75, 3.05) is 13.7 Å². The van der Waals surface area contributed by atoms with E-state index in [4.69, 9.17) is 26.1 Å². The molecule has 5 rings (SSSR count). The molecule has 1 aliphatic heterocycles. The highest BCUT2D eigenvalue weighted by atomic mass is 79.9. The highest BCUT2D eigenvalue weighted by molar-refractivity contribution is 9.10. The Bertz CT molecular complexity index is 1890. The van der Waals surface area contributed by atoms with Crippen molar-refractivity contribution in [2.45, 2.75) is 46.6 Å². The molecule has 0 bridgehead atoms. The molecular weight excluding hydrogens is 638 g/mol. The second-order valence-corrected chi connectivity index (χ2v) is 12.3. The summed E-state index contributed by atoms with van der Waals surface area (Å²) < 4.78 is 16.3. The number of esters is 1. The summed E-state index contributed by atoms with van der Waals surface area (Å²) in [6.07, 6.45) is 3.24. The first-order valence-corrected chi connectivity index (χ1v) is 15.7. The lowest BCUT2D eigenvalue weighted by Gasteiger charge is -2.27. The standard InChI is InChI=1S/C32H31BrClN3O4S/c1-6-8-25-28(31(39)41-7-2)29(24-17-21(33)9-14-26(24)40-5)37-30(38)27(42-32(37)35-25)16-20-15-18(3)36(19(20)4)23-12-10-22(34)11-13-23/h9-17,29H,6-8H2,1-5H3/b27-16+/t29-/m0/s1. The number of allylic oxidation sites excluding steroid dienone is 1. The van der Waals surface area contributed by atoms with Gasteiger partial charge in [-0.05, 0) is 87.4 Å². The van der Waals surface area contributed by atoms with Gasteiger partial charge in [-0.15, -0.1) is 0 Å². The van der Waals surface area contributed by atoms with E-state index in [1.54, 1.807) is 18.6 Å². The largest absolute Gasteiger partial charge is 0.496 e. The molecule has 1 atom stereocenters. The zero-order chi connectivity index (χ0) is 30.1. The molecule has 2 aromatic heterocycles. The Kier molecular flexibility index (Phi) is 8.92. The van der Waals surface area contributed by atoms with Gasteiger partial charge in [-0.1, -0.05) is 52.2 Å². The molecule has 0 saturated heterocycles. The van der Waals surface area contributed by atoms with E-state index >= 15 is 0 Å². The number of benzene rings is 2. The summed E-state index contributed by atoms with van der Waals surface area (Å²) in [5, 5.41) is 0.670. The first-order valence-electron chi connectivity index (χ1n) is 13.7. The van der Waals surface area contributed by atoms with Crippen molar-refractivity contribution in [1.29, 1.82) is 0 Å². The molecule has 0 aliphatic carbocycles. The molecule has 1 aliphatic rings. The van der Waals surface area contributed by atoms with Crippen LogP contribution in [-0.4, -0.2) is 28.8 Å². The molecule has 42 heavy (non-hydrogen) atoms. The van der Waals surface area contributed by atoms with E-state index in [9.17, 15) is 9.59 Å². The molecule has 4 aromatic rings. The maximum absolute atomic E-state index is 14.2. The van der Waals surface area contributed by atoms with Crippen LogP contribution in [0.2, 0.25) is 5.02 Å². The van der Waals surface area contributed by atoms with Crippen molar-refractivity contribution in [3.63, 3.8) is 0 Å². The molecule has 0 radical (unpaired) electrons. The number of ether oxygens (including phenoxy) is 2. The molecule has 2 aromatic carbocycles. The number of carbonyl (C=O) groups is 1. The number of hydrogen-bond donors (Lipinski definition) is 0. The summed E-state index contributed by atoms with van der Waals surface area (Å²) in [7, 11) is 1.58. The fourth-order valence-electron chi connectivity index (χ4n) is 5.40. The zero-order valence-electron chi connectivity index (χ0n) is 24.0. The average molecular weight is 669 g/mol. The number of carbonyl (C=O) groups excluding carboxylic acids is 1. The first kappa shape index (κ1) is 30.1. The smallest absolute Gasteiger partial charge is 0.338 e. The molecule has 7 nitrogen and oxygen atoms in total. The summed E-state index contributed by atoms with van der Waals surface area (Å²) in [6, 6.07) is 14.5. The number of nitrogens with zero attached hydrogens (tertiary/aromatic N) is 3. The van der Waals surface area contributed by atoms with Gasteiger partial charge >= 0.3 is 5.97 Å². The second kappa shape index (κ2) is 12.5. The molecule has 10 heteroatoms. The predicted molar refractivity (Wildman–Crippen MR) is 171 cm³/mol. The number of hydrogen-bond acceptors (Lipinski definition) is 6. The van der Waals surface area contributed by atoms with Crippen LogP contribution in [0.1, 0.15) is 55.2 Å². The highest BCUT2D eigenvalue weighted by Gasteiger charge is 2.36. The van der Waals surface area contributed by atoms with E-state index in [-0.39, 0.29) is 12.2 Å².